The number of nitrogens with zero attached hydrogens (tertiary/aromatic N) is 2. The number of hydrogen-bond donors (Lipinski definition) is 1. The molecular formula is C13H15N3O2. The summed E-state index contributed by atoms with van der Waals surface area (Å²) in [6.45, 7) is 3.16. The zero-order valence-electron chi connectivity index (χ0n) is 10.2. The molecule has 1 saturated heterocycles. The monoisotopic (exact) mass is 245 g/mol. The van der Waals surface area contributed by atoms with Crippen LogP contribution in [-0.2, 0) is 16.1 Å². The molecule has 2 unspecified atom stereocenters. The van der Waals surface area contributed by atoms with E-state index in [4.69, 9.17) is 0 Å². The quantitative estimate of drug-likeness (QED) is 0.804. The lowest BCUT2D eigenvalue weighted by Crippen LogP contribution is -2.32. The van der Waals surface area contributed by atoms with Crippen molar-refractivity contribution in [1.82, 2.24) is 9.88 Å². The van der Waals surface area contributed by atoms with Gasteiger partial charge in [-0.15, -0.1) is 0 Å². The Kier molecular flexibility index (Phi) is 2.54. The van der Waals surface area contributed by atoms with Crippen LogP contribution in [0.5, 0.6) is 0 Å². The van der Waals surface area contributed by atoms with Crippen molar-refractivity contribution in [1.29, 1.82) is 0 Å². The first-order valence-electron chi connectivity index (χ1n) is 6.24. The molecule has 0 aromatic carbocycles. The molecule has 2 aliphatic rings. The molecule has 1 aromatic heterocycles. The van der Waals surface area contributed by atoms with Gasteiger partial charge in [0.25, 0.3) is 0 Å². The van der Waals surface area contributed by atoms with E-state index >= 15 is 0 Å². The summed E-state index contributed by atoms with van der Waals surface area (Å²) in [6.07, 6.45) is 2.45. The zero-order valence-corrected chi connectivity index (χ0v) is 10.2. The fraction of sp³-hybridized carbons (Fsp3) is 0.462. The number of pyridine rings is 1. The molecule has 5 nitrogen and oxygen atoms in total. The van der Waals surface area contributed by atoms with Gasteiger partial charge in [0.05, 0.1) is 18.4 Å². The van der Waals surface area contributed by atoms with Gasteiger partial charge in [-0.25, -0.2) is 4.98 Å². The van der Waals surface area contributed by atoms with E-state index in [0.717, 1.165) is 24.3 Å². The highest BCUT2D eigenvalue weighted by molar-refractivity contribution is 6.08. The summed E-state index contributed by atoms with van der Waals surface area (Å²) in [6, 6.07) is 3.72. The van der Waals surface area contributed by atoms with Gasteiger partial charge in [0.1, 0.15) is 5.82 Å². The van der Waals surface area contributed by atoms with E-state index in [9.17, 15) is 9.59 Å². The lowest BCUT2D eigenvalue weighted by atomic mass is 10.2. The predicted octanol–water partition coefficient (Wildman–Crippen LogP) is 1.02. The Labute approximate surface area is 105 Å². The molecule has 0 radical (unpaired) electrons. The van der Waals surface area contributed by atoms with Gasteiger partial charge >= 0.3 is 0 Å². The molecule has 0 spiro atoms. The Balaban J connectivity index is 1.74. The van der Waals surface area contributed by atoms with Crippen LogP contribution in [0, 0.1) is 11.8 Å². The summed E-state index contributed by atoms with van der Waals surface area (Å²) in [5.41, 5.74) is 0.934. The van der Waals surface area contributed by atoms with Gasteiger partial charge in [-0.3, -0.25) is 14.5 Å². The highest BCUT2D eigenvalue weighted by atomic mass is 16.2. The molecule has 2 amide bonds. The second-order valence-electron chi connectivity index (χ2n) is 4.79. The highest BCUT2D eigenvalue weighted by Crippen LogP contribution is 2.47. The zero-order chi connectivity index (χ0) is 12.7. The number of carbonyl (C=O) groups is 2. The maximum absolute atomic E-state index is 11.8. The third-order valence-electron chi connectivity index (χ3n) is 3.48. The van der Waals surface area contributed by atoms with Crippen LogP contribution < -0.4 is 5.32 Å². The fourth-order valence-corrected chi connectivity index (χ4v) is 2.44. The standard InChI is InChI=1S/C13H15N3O2/c1-2-14-11-5-8(3-4-15-11)7-16-12(17)9-6-10(9)13(16)18/h3-5,9-10H,2,6-7H2,1H3,(H,14,15). The van der Waals surface area contributed by atoms with Crippen molar-refractivity contribution in [3.8, 4) is 0 Å². The van der Waals surface area contributed by atoms with Crippen molar-refractivity contribution >= 4 is 17.6 Å². The highest BCUT2D eigenvalue weighted by Gasteiger charge is 2.58. The summed E-state index contributed by atoms with van der Waals surface area (Å²) in [4.78, 5) is 29.2. The normalized spacial score (nSPS) is 25.3. The van der Waals surface area contributed by atoms with Gasteiger partial charge in [0.15, 0.2) is 0 Å². The van der Waals surface area contributed by atoms with Gasteiger partial charge in [-0.1, -0.05) is 0 Å². The van der Waals surface area contributed by atoms with Crippen molar-refractivity contribution in [3.05, 3.63) is 23.9 Å². The molecule has 1 saturated carbocycles. The number of hydrogen-bond acceptors (Lipinski definition) is 4. The van der Waals surface area contributed by atoms with Crippen LogP contribution in [0.1, 0.15) is 18.9 Å². The molecule has 2 atom stereocenters. The SMILES string of the molecule is CCNc1cc(CN2C(=O)C3CC3C2=O)ccn1. The molecule has 3 rings (SSSR count). The molecule has 1 N–H and O–H groups in total. The van der Waals surface area contributed by atoms with Crippen LogP contribution in [0.3, 0.4) is 0 Å². The molecular weight excluding hydrogens is 230 g/mol. The number of carbonyl (C=O) groups excluding carboxylic acids is 2. The smallest absolute Gasteiger partial charge is 0.233 e. The van der Waals surface area contributed by atoms with Crippen LogP contribution in [0.25, 0.3) is 0 Å². The number of likely N-dealkylation sites (tertiary alicyclic amines) is 1. The summed E-state index contributed by atoms with van der Waals surface area (Å²) >= 11 is 0. The van der Waals surface area contributed by atoms with Crippen LogP contribution in [-0.4, -0.2) is 28.2 Å². The van der Waals surface area contributed by atoms with Crippen molar-refractivity contribution in [2.45, 2.75) is 19.9 Å². The van der Waals surface area contributed by atoms with Crippen molar-refractivity contribution in [2.24, 2.45) is 11.8 Å². The largest absolute Gasteiger partial charge is 0.370 e. The van der Waals surface area contributed by atoms with E-state index in [2.05, 4.69) is 10.3 Å². The third-order valence-corrected chi connectivity index (χ3v) is 3.48. The van der Waals surface area contributed by atoms with Crippen LogP contribution in [0.2, 0.25) is 0 Å². The number of rotatable bonds is 4. The number of anilines is 1. The van der Waals surface area contributed by atoms with Gasteiger partial charge in [0, 0.05) is 12.7 Å². The first kappa shape index (κ1) is 11.2. The minimum atomic E-state index is -0.0208. The lowest BCUT2D eigenvalue weighted by molar-refractivity contribution is -0.142. The Hall–Kier alpha value is -1.91. The molecule has 2 heterocycles. The number of amides is 2. The van der Waals surface area contributed by atoms with E-state index in [0.29, 0.717) is 6.54 Å². The molecule has 5 heteroatoms. The second kappa shape index (κ2) is 4.08. The average Bonchev–Trinajstić information content (AvgIpc) is 3.11. The Morgan fingerprint density at radius 1 is 1.39 bits per heavy atom. The molecule has 1 aliphatic carbocycles. The Morgan fingerprint density at radius 2 is 2.11 bits per heavy atom. The topological polar surface area (TPSA) is 62.3 Å². The Morgan fingerprint density at radius 3 is 2.78 bits per heavy atom. The van der Waals surface area contributed by atoms with E-state index in [1.54, 1.807) is 6.20 Å². The minimum Gasteiger partial charge on any atom is -0.370 e. The van der Waals surface area contributed by atoms with Crippen LogP contribution in [0.15, 0.2) is 18.3 Å². The fourth-order valence-electron chi connectivity index (χ4n) is 2.44. The lowest BCUT2D eigenvalue weighted by Gasteiger charge is -2.16. The van der Waals surface area contributed by atoms with Crippen molar-refractivity contribution in [3.63, 3.8) is 0 Å². The first-order valence-corrected chi connectivity index (χ1v) is 6.24. The first-order chi connectivity index (χ1) is 8.70. The molecule has 0 bridgehead atoms. The van der Waals surface area contributed by atoms with E-state index < -0.39 is 0 Å². The maximum atomic E-state index is 11.8. The van der Waals surface area contributed by atoms with Gasteiger partial charge in [0.2, 0.25) is 11.8 Å². The Bertz CT molecular complexity index is 495. The molecule has 2 fully saturated rings. The van der Waals surface area contributed by atoms with E-state index in [-0.39, 0.29) is 23.7 Å². The summed E-state index contributed by atoms with van der Waals surface area (Å²) < 4.78 is 0. The number of piperidine rings is 1. The number of fused-ring (bicyclic) bond motifs is 1. The van der Waals surface area contributed by atoms with Crippen molar-refractivity contribution < 1.29 is 9.59 Å². The van der Waals surface area contributed by atoms with E-state index in [1.165, 1.54) is 4.90 Å². The maximum Gasteiger partial charge on any atom is 0.233 e. The summed E-state index contributed by atoms with van der Waals surface area (Å²) in [5.74, 6) is 0.720. The molecule has 94 valence electrons. The molecule has 1 aromatic rings. The average molecular weight is 245 g/mol. The molecule has 1 aliphatic heterocycles. The number of aromatic nitrogens is 1. The van der Waals surface area contributed by atoms with Crippen LogP contribution in [0.4, 0.5) is 5.82 Å². The third kappa shape index (κ3) is 1.75. The summed E-state index contributed by atoms with van der Waals surface area (Å²) in [7, 11) is 0. The number of nitrogens with one attached hydrogen (secondary N) is 1. The predicted molar refractivity (Wildman–Crippen MR) is 65.6 cm³/mol. The van der Waals surface area contributed by atoms with Crippen LogP contribution >= 0.6 is 0 Å². The molecule has 18 heavy (non-hydrogen) atoms. The van der Waals surface area contributed by atoms with E-state index in [1.807, 2.05) is 19.1 Å². The second-order valence-corrected chi connectivity index (χ2v) is 4.79. The number of imide groups is 1. The van der Waals surface area contributed by atoms with Gasteiger partial charge < -0.3 is 5.32 Å². The van der Waals surface area contributed by atoms with Crippen molar-refractivity contribution in [2.75, 3.05) is 11.9 Å². The summed E-state index contributed by atoms with van der Waals surface area (Å²) in [5, 5.41) is 3.11. The van der Waals surface area contributed by atoms with Gasteiger partial charge in [-0.05, 0) is 31.0 Å². The minimum absolute atomic E-state index is 0.00758. The van der Waals surface area contributed by atoms with Gasteiger partial charge in [-0.2, -0.15) is 0 Å².